The highest BCUT2D eigenvalue weighted by Gasteiger charge is 2.28. The average molecular weight is 423 g/mol. The normalized spacial score (nSPS) is 14.8. The van der Waals surface area contributed by atoms with Crippen molar-refractivity contribution in [2.45, 2.75) is 24.2 Å². The number of benzene rings is 2. The van der Waals surface area contributed by atoms with E-state index in [-0.39, 0.29) is 15.5 Å². The molecule has 28 heavy (non-hydrogen) atoms. The molecule has 1 N–H and O–H groups in total. The Hall–Kier alpha value is -2.09. The summed E-state index contributed by atoms with van der Waals surface area (Å²) in [5, 5.41) is 3.03. The van der Waals surface area contributed by atoms with Crippen LogP contribution in [0.5, 0.6) is 5.75 Å². The van der Waals surface area contributed by atoms with Crippen LogP contribution in [0.1, 0.15) is 28.8 Å². The van der Waals surface area contributed by atoms with E-state index in [4.69, 9.17) is 16.3 Å². The second kappa shape index (κ2) is 8.94. The molecule has 0 bridgehead atoms. The Morgan fingerprint density at radius 2 is 1.82 bits per heavy atom. The van der Waals surface area contributed by atoms with Gasteiger partial charge >= 0.3 is 0 Å². The fourth-order valence-electron chi connectivity index (χ4n) is 3.12. The summed E-state index contributed by atoms with van der Waals surface area (Å²) in [6.07, 6.45) is 2.34. The lowest BCUT2D eigenvalue weighted by Crippen LogP contribution is -2.29. The quantitative estimate of drug-likeness (QED) is 0.743. The maximum Gasteiger partial charge on any atom is 0.252 e. The van der Waals surface area contributed by atoms with Crippen molar-refractivity contribution >= 4 is 27.5 Å². The highest BCUT2D eigenvalue weighted by molar-refractivity contribution is 7.89. The van der Waals surface area contributed by atoms with Gasteiger partial charge in [0.25, 0.3) is 5.91 Å². The molecule has 8 heteroatoms. The highest BCUT2D eigenvalue weighted by atomic mass is 35.5. The number of hydrogen-bond acceptors (Lipinski definition) is 4. The van der Waals surface area contributed by atoms with Gasteiger partial charge in [0.2, 0.25) is 10.0 Å². The van der Waals surface area contributed by atoms with E-state index in [1.165, 1.54) is 22.5 Å². The summed E-state index contributed by atoms with van der Waals surface area (Å²) in [5.41, 5.74) is 1.22. The van der Waals surface area contributed by atoms with Crippen molar-refractivity contribution in [3.8, 4) is 5.75 Å². The Morgan fingerprint density at radius 1 is 1.14 bits per heavy atom. The fraction of sp³-hybridized carbons (Fsp3) is 0.350. The largest absolute Gasteiger partial charge is 0.497 e. The predicted octanol–water partition coefficient (Wildman–Crippen LogP) is 3.11. The zero-order valence-corrected chi connectivity index (χ0v) is 17.2. The van der Waals surface area contributed by atoms with Crippen LogP contribution in [0.15, 0.2) is 47.4 Å². The number of ether oxygens (including phenoxy) is 1. The van der Waals surface area contributed by atoms with E-state index in [0.29, 0.717) is 26.1 Å². The molecule has 1 aliphatic rings. The van der Waals surface area contributed by atoms with Crippen molar-refractivity contribution in [3.63, 3.8) is 0 Å². The number of sulfonamides is 1. The number of carbonyl (C=O) groups excluding carboxylic acids is 1. The molecular formula is C20H23ClN2O4S. The van der Waals surface area contributed by atoms with Gasteiger partial charge in [0.1, 0.15) is 5.75 Å². The lowest BCUT2D eigenvalue weighted by Gasteiger charge is -2.16. The smallest absolute Gasteiger partial charge is 0.252 e. The van der Waals surface area contributed by atoms with Gasteiger partial charge in [0, 0.05) is 19.6 Å². The standard InChI is InChI=1S/C20H23ClN2O4S/c1-27-16-6-4-15(5-7-16)10-11-22-20(24)18-14-17(8-9-19(18)21)28(25,26)23-12-2-3-13-23/h4-9,14H,2-3,10-13H2,1H3,(H,22,24). The number of amides is 1. The van der Waals surface area contributed by atoms with Gasteiger partial charge in [-0.25, -0.2) is 8.42 Å². The van der Waals surface area contributed by atoms with E-state index in [9.17, 15) is 13.2 Å². The molecule has 1 heterocycles. The Kier molecular flexibility index (Phi) is 6.59. The summed E-state index contributed by atoms with van der Waals surface area (Å²) in [6.45, 7) is 1.42. The van der Waals surface area contributed by atoms with Gasteiger partial charge in [0.05, 0.1) is 22.6 Å². The molecule has 1 aliphatic heterocycles. The summed E-state index contributed by atoms with van der Waals surface area (Å²) in [6, 6.07) is 11.9. The van der Waals surface area contributed by atoms with Crippen molar-refractivity contribution in [2.24, 2.45) is 0 Å². The van der Waals surface area contributed by atoms with Crippen molar-refractivity contribution in [1.82, 2.24) is 9.62 Å². The number of halogens is 1. The molecule has 2 aromatic carbocycles. The molecule has 1 fully saturated rings. The number of hydrogen-bond donors (Lipinski definition) is 1. The fourth-order valence-corrected chi connectivity index (χ4v) is 4.87. The van der Waals surface area contributed by atoms with Crippen LogP contribution in [0.25, 0.3) is 0 Å². The van der Waals surface area contributed by atoms with E-state index >= 15 is 0 Å². The van der Waals surface area contributed by atoms with Crippen molar-refractivity contribution in [3.05, 3.63) is 58.6 Å². The minimum atomic E-state index is -3.60. The number of methoxy groups -OCH3 is 1. The molecular weight excluding hydrogens is 400 g/mol. The molecule has 0 radical (unpaired) electrons. The minimum absolute atomic E-state index is 0.0964. The van der Waals surface area contributed by atoms with Crippen LogP contribution in [0.4, 0.5) is 0 Å². The van der Waals surface area contributed by atoms with Gasteiger partial charge < -0.3 is 10.1 Å². The summed E-state index contributed by atoms with van der Waals surface area (Å²) in [7, 11) is -1.99. The molecule has 2 aromatic rings. The van der Waals surface area contributed by atoms with Crippen molar-refractivity contribution in [2.75, 3.05) is 26.7 Å². The van der Waals surface area contributed by atoms with Crippen LogP contribution in [-0.4, -0.2) is 45.4 Å². The number of nitrogens with one attached hydrogen (secondary N) is 1. The first-order valence-electron chi connectivity index (χ1n) is 9.12. The van der Waals surface area contributed by atoms with E-state index in [1.54, 1.807) is 7.11 Å². The second-order valence-electron chi connectivity index (χ2n) is 6.61. The van der Waals surface area contributed by atoms with E-state index in [0.717, 1.165) is 24.2 Å². The maximum atomic E-state index is 12.7. The van der Waals surface area contributed by atoms with E-state index in [2.05, 4.69) is 5.32 Å². The molecule has 0 aromatic heterocycles. The average Bonchev–Trinajstić information content (AvgIpc) is 3.24. The molecule has 0 aliphatic carbocycles. The third-order valence-electron chi connectivity index (χ3n) is 4.74. The zero-order valence-electron chi connectivity index (χ0n) is 15.7. The Labute approximate surface area is 170 Å². The molecule has 1 amide bonds. The van der Waals surface area contributed by atoms with Crippen LogP contribution in [-0.2, 0) is 16.4 Å². The molecule has 3 rings (SSSR count). The highest BCUT2D eigenvalue weighted by Crippen LogP contribution is 2.25. The third-order valence-corrected chi connectivity index (χ3v) is 6.97. The third kappa shape index (κ3) is 4.66. The van der Waals surface area contributed by atoms with Crippen molar-refractivity contribution < 1.29 is 17.9 Å². The van der Waals surface area contributed by atoms with Crippen LogP contribution >= 0.6 is 11.6 Å². The van der Waals surface area contributed by atoms with Crippen LogP contribution in [0.3, 0.4) is 0 Å². The Morgan fingerprint density at radius 3 is 2.46 bits per heavy atom. The van der Waals surface area contributed by atoms with Gasteiger partial charge in [-0.3, -0.25) is 4.79 Å². The van der Waals surface area contributed by atoms with Gasteiger partial charge in [0.15, 0.2) is 0 Å². The van der Waals surface area contributed by atoms with Gasteiger partial charge in [-0.1, -0.05) is 23.7 Å². The maximum absolute atomic E-state index is 12.7. The van der Waals surface area contributed by atoms with E-state index in [1.807, 2.05) is 24.3 Å². The van der Waals surface area contributed by atoms with Crippen LogP contribution in [0.2, 0.25) is 5.02 Å². The van der Waals surface area contributed by atoms with Gasteiger partial charge in [-0.15, -0.1) is 0 Å². The first kappa shape index (κ1) is 20.6. The zero-order chi connectivity index (χ0) is 20.1. The summed E-state index contributed by atoms with van der Waals surface area (Å²) < 4.78 is 32.0. The summed E-state index contributed by atoms with van der Waals surface area (Å²) in [5.74, 6) is 0.382. The van der Waals surface area contributed by atoms with Crippen LogP contribution < -0.4 is 10.1 Å². The van der Waals surface area contributed by atoms with Gasteiger partial charge in [-0.2, -0.15) is 4.31 Å². The number of carbonyl (C=O) groups is 1. The number of rotatable bonds is 7. The van der Waals surface area contributed by atoms with Gasteiger partial charge in [-0.05, 0) is 55.2 Å². The summed E-state index contributed by atoms with van der Waals surface area (Å²) in [4.78, 5) is 12.6. The Balaban J connectivity index is 1.67. The SMILES string of the molecule is COc1ccc(CCNC(=O)c2cc(S(=O)(=O)N3CCCC3)ccc2Cl)cc1. The second-order valence-corrected chi connectivity index (χ2v) is 8.95. The first-order valence-corrected chi connectivity index (χ1v) is 10.9. The Bertz CT molecular complexity index is 939. The molecule has 6 nitrogen and oxygen atoms in total. The molecule has 0 saturated carbocycles. The molecule has 1 saturated heterocycles. The monoisotopic (exact) mass is 422 g/mol. The molecule has 0 atom stereocenters. The first-order chi connectivity index (χ1) is 13.4. The van der Waals surface area contributed by atoms with Crippen LogP contribution in [0, 0.1) is 0 Å². The van der Waals surface area contributed by atoms with Crippen molar-refractivity contribution in [1.29, 1.82) is 0 Å². The number of nitrogens with zero attached hydrogens (tertiary/aromatic N) is 1. The lowest BCUT2D eigenvalue weighted by atomic mass is 10.1. The minimum Gasteiger partial charge on any atom is -0.497 e. The van der Waals surface area contributed by atoms with E-state index < -0.39 is 15.9 Å². The molecule has 150 valence electrons. The summed E-state index contributed by atoms with van der Waals surface area (Å²) >= 11 is 6.15. The lowest BCUT2D eigenvalue weighted by molar-refractivity contribution is 0.0954. The molecule has 0 spiro atoms. The predicted molar refractivity (Wildman–Crippen MR) is 108 cm³/mol. The topological polar surface area (TPSA) is 75.7 Å². The molecule has 0 unspecified atom stereocenters.